The van der Waals surface area contributed by atoms with Crippen LogP contribution in [-0.4, -0.2) is 20.8 Å². The Kier molecular flexibility index (Phi) is 3.39. The molecule has 1 aromatic rings. The van der Waals surface area contributed by atoms with Crippen molar-refractivity contribution < 1.29 is 9.90 Å². The van der Waals surface area contributed by atoms with Crippen LogP contribution in [0, 0.1) is 6.92 Å². The maximum absolute atomic E-state index is 10.8. The molecule has 4 heteroatoms. The summed E-state index contributed by atoms with van der Waals surface area (Å²) in [7, 11) is 0. The minimum atomic E-state index is -0.924. The van der Waals surface area contributed by atoms with Crippen LogP contribution < -0.4 is 0 Å². The Labute approximate surface area is 93.9 Å². The summed E-state index contributed by atoms with van der Waals surface area (Å²) in [5.41, 5.74) is 0.838. The Bertz CT molecular complexity index is 383. The number of thioether (sulfide) groups is 1. The lowest BCUT2D eigenvalue weighted by molar-refractivity contribution is 0.0695. The Morgan fingerprint density at radius 2 is 2.00 bits per heavy atom. The monoisotopic (exact) mass is 225 g/mol. The molecule has 0 amide bonds. The fourth-order valence-electron chi connectivity index (χ4n) is 1.13. The highest BCUT2D eigenvalue weighted by Crippen LogP contribution is 2.30. The van der Waals surface area contributed by atoms with E-state index >= 15 is 0 Å². The molecule has 0 saturated carbocycles. The van der Waals surface area contributed by atoms with Crippen LogP contribution in [0.15, 0.2) is 17.2 Å². The number of pyridine rings is 1. The van der Waals surface area contributed by atoms with Crippen LogP contribution in [0.4, 0.5) is 0 Å². The largest absolute Gasteiger partial charge is 0.478 e. The number of hydrogen-bond acceptors (Lipinski definition) is 3. The van der Waals surface area contributed by atoms with Crippen LogP contribution >= 0.6 is 11.8 Å². The molecule has 1 N–H and O–H groups in total. The van der Waals surface area contributed by atoms with Gasteiger partial charge in [-0.05, 0) is 19.1 Å². The van der Waals surface area contributed by atoms with Gasteiger partial charge >= 0.3 is 5.97 Å². The van der Waals surface area contributed by atoms with Crippen LogP contribution in [0.2, 0.25) is 0 Å². The molecule has 0 aliphatic carbocycles. The van der Waals surface area contributed by atoms with Gasteiger partial charge in [0.1, 0.15) is 0 Å². The molecule has 0 spiro atoms. The SMILES string of the molecule is Cc1nc(SC(C)(C)C)ccc1C(=O)O. The summed E-state index contributed by atoms with van der Waals surface area (Å²) < 4.78 is 0.0875. The molecule has 0 saturated heterocycles. The molecule has 0 unspecified atom stereocenters. The first-order valence-electron chi connectivity index (χ1n) is 4.69. The predicted molar refractivity (Wildman–Crippen MR) is 61.5 cm³/mol. The Balaban J connectivity index is 2.97. The van der Waals surface area contributed by atoms with Gasteiger partial charge in [-0.15, -0.1) is 11.8 Å². The molecule has 82 valence electrons. The van der Waals surface area contributed by atoms with Crippen molar-refractivity contribution in [2.24, 2.45) is 0 Å². The van der Waals surface area contributed by atoms with E-state index in [2.05, 4.69) is 25.8 Å². The number of aromatic carboxylic acids is 1. The van der Waals surface area contributed by atoms with E-state index in [-0.39, 0.29) is 10.3 Å². The molecule has 1 heterocycles. The van der Waals surface area contributed by atoms with Gasteiger partial charge in [0.15, 0.2) is 0 Å². The third-order valence-electron chi connectivity index (χ3n) is 1.70. The van der Waals surface area contributed by atoms with E-state index in [1.165, 1.54) is 0 Å². The number of hydrogen-bond donors (Lipinski definition) is 1. The highest BCUT2D eigenvalue weighted by Gasteiger charge is 2.15. The molecule has 3 nitrogen and oxygen atoms in total. The second-order valence-electron chi connectivity index (χ2n) is 4.30. The van der Waals surface area contributed by atoms with Gasteiger partial charge in [0.2, 0.25) is 0 Å². The Morgan fingerprint density at radius 1 is 1.40 bits per heavy atom. The van der Waals surface area contributed by atoms with Gasteiger partial charge in [-0.3, -0.25) is 0 Å². The van der Waals surface area contributed by atoms with E-state index in [4.69, 9.17) is 5.11 Å². The third-order valence-corrected chi connectivity index (χ3v) is 2.75. The van der Waals surface area contributed by atoms with Crippen molar-refractivity contribution in [2.45, 2.75) is 37.5 Å². The van der Waals surface area contributed by atoms with E-state index in [1.807, 2.05) is 0 Å². The predicted octanol–water partition coefficient (Wildman–Crippen LogP) is 2.98. The lowest BCUT2D eigenvalue weighted by atomic mass is 10.2. The number of nitrogens with zero attached hydrogens (tertiary/aromatic N) is 1. The molecule has 0 atom stereocenters. The quantitative estimate of drug-likeness (QED) is 0.786. The van der Waals surface area contributed by atoms with Gasteiger partial charge in [0.25, 0.3) is 0 Å². The van der Waals surface area contributed by atoms with Crippen molar-refractivity contribution >= 4 is 17.7 Å². The highest BCUT2D eigenvalue weighted by molar-refractivity contribution is 8.00. The maximum atomic E-state index is 10.8. The summed E-state index contributed by atoms with van der Waals surface area (Å²) in [6.45, 7) is 8.01. The number of carbonyl (C=O) groups is 1. The van der Waals surface area contributed by atoms with Crippen molar-refractivity contribution in [3.8, 4) is 0 Å². The molecule has 0 aromatic carbocycles. The summed E-state index contributed by atoms with van der Waals surface area (Å²) >= 11 is 1.63. The van der Waals surface area contributed by atoms with Gasteiger partial charge in [0, 0.05) is 4.75 Å². The lowest BCUT2D eigenvalue weighted by Gasteiger charge is -2.17. The molecular formula is C11H15NO2S. The van der Waals surface area contributed by atoms with E-state index in [0.717, 1.165) is 5.03 Å². The zero-order chi connectivity index (χ0) is 11.6. The zero-order valence-corrected chi connectivity index (χ0v) is 10.2. The summed E-state index contributed by atoms with van der Waals surface area (Å²) in [6, 6.07) is 3.37. The van der Waals surface area contributed by atoms with Crippen molar-refractivity contribution in [1.29, 1.82) is 0 Å². The average Bonchev–Trinajstić information content (AvgIpc) is 1.99. The summed E-state index contributed by atoms with van der Waals surface area (Å²) in [5, 5.41) is 9.71. The number of rotatable bonds is 2. The lowest BCUT2D eigenvalue weighted by Crippen LogP contribution is -2.08. The van der Waals surface area contributed by atoms with Crippen LogP contribution in [-0.2, 0) is 0 Å². The molecular weight excluding hydrogens is 210 g/mol. The minimum absolute atomic E-state index is 0.0875. The number of aryl methyl sites for hydroxylation is 1. The standard InChI is InChI=1S/C11H15NO2S/c1-7-8(10(13)14)5-6-9(12-7)15-11(2,3)4/h5-6H,1-4H3,(H,13,14). The molecule has 0 fully saturated rings. The zero-order valence-electron chi connectivity index (χ0n) is 9.37. The summed E-state index contributed by atoms with van der Waals surface area (Å²) in [5.74, 6) is -0.924. The van der Waals surface area contributed by atoms with Crippen LogP contribution in [0.3, 0.4) is 0 Å². The second-order valence-corrected chi connectivity index (χ2v) is 6.15. The molecule has 0 radical (unpaired) electrons. The first-order chi connectivity index (χ1) is 6.79. The van der Waals surface area contributed by atoms with Gasteiger partial charge < -0.3 is 5.11 Å². The van der Waals surface area contributed by atoms with Gasteiger partial charge in [0.05, 0.1) is 16.3 Å². The van der Waals surface area contributed by atoms with Crippen LogP contribution in [0.25, 0.3) is 0 Å². The van der Waals surface area contributed by atoms with Crippen molar-refractivity contribution in [2.75, 3.05) is 0 Å². The molecule has 15 heavy (non-hydrogen) atoms. The van der Waals surface area contributed by atoms with Crippen LogP contribution in [0.5, 0.6) is 0 Å². The van der Waals surface area contributed by atoms with Gasteiger partial charge in [-0.25, -0.2) is 9.78 Å². The Hall–Kier alpha value is -1.03. The fraction of sp³-hybridized carbons (Fsp3) is 0.455. The van der Waals surface area contributed by atoms with E-state index in [1.54, 1.807) is 30.8 Å². The molecule has 0 aliphatic heterocycles. The van der Waals surface area contributed by atoms with E-state index in [0.29, 0.717) is 5.69 Å². The van der Waals surface area contributed by atoms with E-state index in [9.17, 15) is 4.79 Å². The third kappa shape index (κ3) is 3.55. The topological polar surface area (TPSA) is 50.2 Å². The Morgan fingerprint density at radius 3 is 2.40 bits per heavy atom. The van der Waals surface area contributed by atoms with Crippen molar-refractivity contribution in [3.05, 3.63) is 23.4 Å². The fourth-order valence-corrected chi connectivity index (χ4v) is 2.08. The smallest absolute Gasteiger partial charge is 0.337 e. The normalized spacial score (nSPS) is 11.5. The second kappa shape index (κ2) is 4.23. The van der Waals surface area contributed by atoms with Crippen LogP contribution in [0.1, 0.15) is 36.8 Å². The molecule has 1 rings (SSSR count). The van der Waals surface area contributed by atoms with Crippen molar-refractivity contribution in [1.82, 2.24) is 4.98 Å². The highest BCUT2D eigenvalue weighted by atomic mass is 32.2. The summed E-state index contributed by atoms with van der Waals surface area (Å²) in [6.07, 6.45) is 0. The van der Waals surface area contributed by atoms with Gasteiger partial charge in [-0.2, -0.15) is 0 Å². The molecule has 0 aliphatic rings. The average molecular weight is 225 g/mol. The number of carboxylic acid groups (broad SMARTS) is 1. The number of carboxylic acids is 1. The maximum Gasteiger partial charge on any atom is 0.337 e. The first-order valence-corrected chi connectivity index (χ1v) is 5.51. The number of aromatic nitrogens is 1. The molecule has 1 aromatic heterocycles. The summed E-state index contributed by atoms with van der Waals surface area (Å²) in [4.78, 5) is 15.0. The van der Waals surface area contributed by atoms with Crippen molar-refractivity contribution in [3.63, 3.8) is 0 Å². The first kappa shape index (κ1) is 12.0. The molecule has 0 bridgehead atoms. The minimum Gasteiger partial charge on any atom is -0.478 e. The van der Waals surface area contributed by atoms with Gasteiger partial charge in [-0.1, -0.05) is 20.8 Å². The van der Waals surface area contributed by atoms with E-state index < -0.39 is 5.97 Å².